The predicted molar refractivity (Wildman–Crippen MR) is 75.8 cm³/mol. The van der Waals surface area contributed by atoms with Gasteiger partial charge in [0.1, 0.15) is 0 Å². The topological polar surface area (TPSA) is 38.3 Å². The molecule has 0 atom stereocenters. The maximum Gasteiger partial charge on any atom is 0.252 e. The average molecular weight is 365 g/mol. The standard InChI is InChI=1S/C12H15Br2NO2/c1-9-2-3-11(14)10(8-9)12(16)15-5-7-17-6-4-13/h2-3,8H,4-7H2,1H3,(H,15,16). The van der Waals surface area contributed by atoms with E-state index in [9.17, 15) is 4.79 Å². The Morgan fingerprint density at radius 1 is 1.41 bits per heavy atom. The van der Waals surface area contributed by atoms with Crippen LogP contribution in [0.5, 0.6) is 0 Å². The highest BCUT2D eigenvalue weighted by Crippen LogP contribution is 2.17. The number of ether oxygens (including phenoxy) is 1. The first kappa shape index (κ1) is 14.7. The van der Waals surface area contributed by atoms with Crippen LogP contribution in [0.1, 0.15) is 15.9 Å². The number of hydrogen-bond acceptors (Lipinski definition) is 2. The van der Waals surface area contributed by atoms with Gasteiger partial charge in [-0.3, -0.25) is 4.79 Å². The monoisotopic (exact) mass is 363 g/mol. The van der Waals surface area contributed by atoms with Gasteiger partial charge in [-0.05, 0) is 35.0 Å². The number of carbonyl (C=O) groups excluding carboxylic acids is 1. The molecular formula is C12H15Br2NO2. The third-order valence-electron chi connectivity index (χ3n) is 2.12. The van der Waals surface area contributed by atoms with Gasteiger partial charge in [0.05, 0.1) is 18.8 Å². The van der Waals surface area contributed by atoms with Crippen molar-refractivity contribution in [3.05, 3.63) is 33.8 Å². The zero-order chi connectivity index (χ0) is 12.7. The fourth-order valence-electron chi connectivity index (χ4n) is 1.30. The minimum absolute atomic E-state index is 0.0805. The minimum Gasteiger partial charge on any atom is -0.379 e. The molecule has 0 saturated carbocycles. The summed E-state index contributed by atoms with van der Waals surface area (Å²) < 4.78 is 6.06. The number of halogens is 2. The SMILES string of the molecule is Cc1ccc(Br)c(C(=O)NCCOCCBr)c1. The lowest BCUT2D eigenvalue weighted by Gasteiger charge is -2.08. The summed E-state index contributed by atoms with van der Waals surface area (Å²) in [5, 5.41) is 3.63. The molecular weight excluding hydrogens is 350 g/mol. The summed E-state index contributed by atoms with van der Waals surface area (Å²) >= 11 is 6.63. The first-order chi connectivity index (χ1) is 8.15. The lowest BCUT2D eigenvalue weighted by atomic mass is 10.1. The van der Waals surface area contributed by atoms with E-state index in [2.05, 4.69) is 37.2 Å². The van der Waals surface area contributed by atoms with Gasteiger partial charge >= 0.3 is 0 Å². The number of carbonyl (C=O) groups is 1. The molecule has 17 heavy (non-hydrogen) atoms. The average Bonchev–Trinajstić information content (AvgIpc) is 2.32. The number of alkyl halides is 1. The molecule has 0 spiro atoms. The zero-order valence-corrected chi connectivity index (χ0v) is 12.8. The van der Waals surface area contributed by atoms with E-state index < -0.39 is 0 Å². The van der Waals surface area contributed by atoms with Gasteiger partial charge in [-0.1, -0.05) is 27.6 Å². The quantitative estimate of drug-likeness (QED) is 0.622. The second kappa shape index (κ2) is 7.84. The molecule has 1 amide bonds. The fourth-order valence-corrected chi connectivity index (χ4v) is 1.96. The predicted octanol–water partition coefficient (Wildman–Crippen LogP) is 2.90. The van der Waals surface area contributed by atoms with Crippen LogP contribution in [0, 0.1) is 6.92 Å². The Hall–Kier alpha value is -0.390. The summed E-state index contributed by atoms with van der Waals surface area (Å²) in [5.41, 5.74) is 1.72. The number of nitrogens with one attached hydrogen (secondary N) is 1. The van der Waals surface area contributed by atoms with Crippen LogP contribution < -0.4 is 5.32 Å². The number of amides is 1. The third kappa shape index (κ3) is 5.19. The van der Waals surface area contributed by atoms with E-state index in [0.29, 0.717) is 25.3 Å². The first-order valence-electron chi connectivity index (χ1n) is 5.33. The van der Waals surface area contributed by atoms with E-state index in [0.717, 1.165) is 15.4 Å². The van der Waals surface area contributed by atoms with Gasteiger partial charge in [0.2, 0.25) is 0 Å². The summed E-state index contributed by atoms with van der Waals surface area (Å²) in [7, 11) is 0. The second-order valence-electron chi connectivity index (χ2n) is 3.54. The molecule has 1 aromatic rings. The van der Waals surface area contributed by atoms with Gasteiger partial charge in [0, 0.05) is 16.3 Å². The molecule has 0 aliphatic carbocycles. The molecule has 1 N–H and O–H groups in total. The van der Waals surface area contributed by atoms with Crippen LogP contribution in [0.4, 0.5) is 0 Å². The van der Waals surface area contributed by atoms with Crippen molar-refractivity contribution >= 4 is 37.8 Å². The molecule has 0 aliphatic heterocycles. The van der Waals surface area contributed by atoms with Crippen molar-refractivity contribution in [2.24, 2.45) is 0 Å². The van der Waals surface area contributed by atoms with Crippen LogP contribution in [0.15, 0.2) is 22.7 Å². The maximum absolute atomic E-state index is 11.8. The van der Waals surface area contributed by atoms with Crippen molar-refractivity contribution in [3.8, 4) is 0 Å². The largest absolute Gasteiger partial charge is 0.379 e. The maximum atomic E-state index is 11.8. The molecule has 0 fully saturated rings. The van der Waals surface area contributed by atoms with E-state index in [1.807, 2.05) is 25.1 Å². The van der Waals surface area contributed by atoms with Crippen molar-refractivity contribution in [2.75, 3.05) is 25.1 Å². The van der Waals surface area contributed by atoms with Crippen molar-refractivity contribution in [1.82, 2.24) is 5.32 Å². The highest BCUT2D eigenvalue weighted by atomic mass is 79.9. The van der Waals surface area contributed by atoms with Crippen LogP contribution in [0.3, 0.4) is 0 Å². The van der Waals surface area contributed by atoms with Gasteiger partial charge in [-0.15, -0.1) is 0 Å². The highest BCUT2D eigenvalue weighted by molar-refractivity contribution is 9.10. The van der Waals surface area contributed by atoms with Gasteiger partial charge in [-0.25, -0.2) is 0 Å². The molecule has 94 valence electrons. The number of aryl methyl sites for hydroxylation is 1. The van der Waals surface area contributed by atoms with Gasteiger partial charge < -0.3 is 10.1 Å². The molecule has 0 heterocycles. The summed E-state index contributed by atoms with van der Waals surface area (Å²) in [5.74, 6) is -0.0805. The van der Waals surface area contributed by atoms with Crippen LogP contribution in [-0.2, 0) is 4.74 Å². The molecule has 0 radical (unpaired) electrons. The molecule has 0 bridgehead atoms. The molecule has 1 aromatic carbocycles. The van der Waals surface area contributed by atoms with Crippen LogP contribution in [-0.4, -0.2) is 31.0 Å². The van der Waals surface area contributed by atoms with Crippen LogP contribution in [0.2, 0.25) is 0 Å². The zero-order valence-electron chi connectivity index (χ0n) is 9.63. The molecule has 0 unspecified atom stereocenters. The highest BCUT2D eigenvalue weighted by Gasteiger charge is 2.09. The smallest absolute Gasteiger partial charge is 0.252 e. The van der Waals surface area contributed by atoms with Gasteiger partial charge in [0.15, 0.2) is 0 Å². The number of rotatable bonds is 6. The van der Waals surface area contributed by atoms with E-state index >= 15 is 0 Å². The Kier molecular flexibility index (Phi) is 6.77. The summed E-state index contributed by atoms with van der Waals surface area (Å²) in [6.45, 7) is 3.67. The molecule has 0 aliphatic rings. The molecule has 1 rings (SSSR count). The van der Waals surface area contributed by atoms with Crippen molar-refractivity contribution < 1.29 is 9.53 Å². The van der Waals surface area contributed by atoms with Gasteiger partial charge in [0.25, 0.3) is 5.91 Å². The summed E-state index contributed by atoms with van der Waals surface area (Å²) in [4.78, 5) is 11.8. The Morgan fingerprint density at radius 3 is 2.88 bits per heavy atom. The van der Waals surface area contributed by atoms with Gasteiger partial charge in [-0.2, -0.15) is 0 Å². The third-order valence-corrected chi connectivity index (χ3v) is 3.14. The molecule has 3 nitrogen and oxygen atoms in total. The van der Waals surface area contributed by atoms with Crippen LogP contribution in [0.25, 0.3) is 0 Å². The Morgan fingerprint density at radius 2 is 2.18 bits per heavy atom. The summed E-state index contributed by atoms with van der Waals surface area (Å²) in [6.07, 6.45) is 0. The molecule has 0 aromatic heterocycles. The Bertz CT molecular complexity index is 383. The first-order valence-corrected chi connectivity index (χ1v) is 7.24. The van der Waals surface area contributed by atoms with Crippen molar-refractivity contribution in [1.29, 1.82) is 0 Å². The normalized spacial score (nSPS) is 10.3. The second-order valence-corrected chi connectivity index (χ2v) is 5.19. The lowest BCUT2D eigenvalue weighted by Crippen LogP contribution is -2.27. The van der Waals surface area contributed by atoms with Crippen molar-refractivity contribution in [2.45, 2.75) is 6.92 Å². The number of benzene rings is 1. The summed E-state index contributed by atoms with van der Waals surface area (Å²) in [6, 6.07) is 5.70. The molecule has 5 heteroatoms. The van der Waals surface area contributed by atoms with E-state index in [-0.39, 0.29) is 5.91 Å². The van der Waals surface area contributed by atoms with E-state index in [1.54, 1.807) is 0 Å². The lowest BCUT2D eigenvalue weighted by molar-refractivity contribution is 0.0923. The number of hydrogen-bond donors (Lipinski definition) is 1. The minimum atomic E-state index is -0.0805. The Balaban J connectivity index is 2.44. The Labute approximate surface area is 118 Å². The van der Waals surface area contributed by atoms with Crippen LogP contribution >= 0.6 is 31.9 Å². The fraction of sp³-hybridized carbons (Fsp3) is 0.417. The van der Waals surface area contributed by atoms with E-state index in [4.69, 9.17) is 4.74 Å². The van der Waals surface area contributed by atoms with Crippen molar-refractivity contribution in [3.63, 3.8) is 0 Å². The molecule has 0 saturated heterocycles. The van der Waals surface area contributed by atoms with E-state index in [1.165, 1.54) is 0 Å².